The van der Waals surface area contributed by atoms with E-state index in [0.717, 1.165) is 65.7 Å². The van der Waals surface area contributed by atoms with Gasteiger partial charge in [0, 0.05) is 94.8 Å². The molecule has 51 nitrogen and oxygen atoms in total. The van der Waals surface area contributed by atoms with Gasteiger partial charge in [0.1, 0.15) is 54.9 Å². The van der Waals surface area contributed by atoms with Crippen LogP contribution in [0.15, 0.2) is 65.8 Å². The summed E-state index contributed by atoms with van der Waals surface area (Å²) in [7, 11) is 1.57. The van der Waals surface area contributed by atoms with Crippen molar-refractivity contribution < 1.29 is 126 Å². The number of ether oxygens (including phenoxy) is 2. The normalized spacial score (nSPS) is 18.1. The summed E-state index contributed by atoms with van der Waals surface area (Å²) in [4.78, 5) is 256. The van der Waals surface area contributed by atoms with Gasteiger partial charge in [-0.15, -0.1) is 10.2 Å². The number of rotatable bonds is 62. The van der Waals surface area contributed by atoms with Gasteiger partial charge >= 0.3 is 11.9 Å². The molecule has 0 aliphatic carbocycles. The van der Waals surface area contributed by atoms with Crippen molar-refractivity contribution in [3.63, 3.8) is 0 Å². The number of amides is 15. The molecule has 0 spiro atoms. The smallest absolute Gasteiger partial charge is 0.317 e. The van der Waals surface area contributed by atoms with Crippen molar-refractivity contribution in [2.45, 2.75) is 286 Å². The summed E-state index contributed by atoms with van der Waals surface area (Å²) in [6.07, 6.45) is 18.9. The molecule has 12 atom stereocenters. The van der Waals surface area contributed by atoms with Crippen molar-refractivity contribution in [1.29, 1.82) is 0 Å². The number of aromatic nitrogens is 5. The number of carboxylic acid groups (broad SMARTS) is 2. The number of H-pyrrole nitrogens is 2. The number of hydrogen-bond acceptors (Lipinski definition) is 30. The molecule has 6 rings (SSSR count). The van der Waals surface area contributed by atoms with Gasteiger partial charge in [-0.1, -0.05) is 144 Å². The third-order valence-electron chi connectivity index (χ3n) is 24.1. The van der Waals surface area contributed by atoms with Gasteiger partial charge in [0.05, 0.1) is 83.4 Å². The van der Waals surface area contributed by atoms with Crippen LogP contribution < -0.4 is 91.6 Å². The van der Waals surface area contributed by atoms with Crippen molar-refractivity contribution in [3.8, 4) is 0 Å². The van der Waals surface area contributed by atoms with Crippen LogP contribution in [-0.4, -0.2) is 357 Å². The predicted molar refractivity (Wildman–Crippen MR) is 533 cm³/mol. The lowest BCUT2D eigenvalue weighted by molar-refractivity contribution is -0.143. The zero-order chi connectivity index (χ0) is 108. The molecule has 2 aromatic carbocycles. The Morgan fingerprint density at radius 2 is 1.17 bits per heavy atom. The van der Waals surface area contributed by atoms with Crippen molar-refractivity contribution >= 4 is 129 Å². The largest absolute Gasteiger partial charge is 0.480 e. The molecule has 816 valence electrons. The fraction of sp³-hybridized carbons (Fsp3) is 0.635. The maximum absolute atomic E-state index is 14.4. The molecule has 2 fully saturated rings. The van der Waals surface area contributed by atoms with Gasteiger partial charge in [0.15, 0.2) is 23.4 Å². The first-order valence-electron chi connectivity index (χ1n) is 50.1. The van der Waals surface area contributed by atoms with Crippen LogP contribution in [0.4, 0.5) is 0 Å². The number of aliphatic hydroxyl groups is 3. The number of ketones is 2. The second kappa shape index (κ2) is 70.2. The number of para-hydroxylation sites is 1. The molecule has 15 amide bonds. The second-order valence-corrected chi connectivity index (χ2v) is 36.1. The van der Waals surface area contributed by atoms with Gasteiger partial charge in [-0.05, 0) is 102 Å². The molecule has 2 aliphatic heterocycles. The van der Waals surface area contributed by atoms with E-state index < -0.39 is 232 Å². The number of fused-ring (bicyclic) bond motifs is 2. The number of likely N-dealkylation sites (N-methyl/N-ethyl adjacent to an activating group) is 1. The number of guanidine groups is 1. The molecule has 0 saturated carbocycles. The van der Waals surface area contributed by atoms with Gasteiger partial charge in [-0.3, -0.25) is 101 Å². The van der Waals surface area contributed by atoms with Crippen molar-refractivity contribution in [2.75, 3.05) is 106 Å². The summed E-state index contributed by atoms with van der Waals surface area (Å²) in [6, 6.07) is 1.63. The summed E-state index contributed by atoms with van der Waals surface area (Å²) >= 11 is 0. The molecule has 2 saturated heterocycles. The standard InChI is InChI=1S/C52H90N14O18.C44H61N11O8/c1-3-4-18-36(35(2)69)58-50(80)38(27-55-45(73)29-66(30-47(75)76)31-48(77)78)60-52(82)40(33-68)61-49(79)37(21-22-41(53)70)59-51(81)39(32-67)57-44(72)28-56-46(74)34-84-26-25-83-24-23-54-43(71)20-17-15-13-11-9-7-5-6-8-10-12-14-16-19-42-62-64-65-63-42;1-26(56)31-14-8-9-19-48-38(58)18-17-34(47-2)43(63)55-25-29(57)23-37(55)42(62)54-35(21-27-11-4-3-5-12-27)40(60)52-33(16-10-20-49-44(45)46)39(59)53-36(41(61)51-31)22-28-24-50-32-15-7-6-13-30(28)32/h36-40,67-68H,3-34H2,1-2H3,(H2,53,70)(H,54,71)(H,55,73)(H,56,74)(H,57,72)(H,58,80)(H,59,81)(H,60,82)(H,61,79)(H,75,76)(H,77,78)(H,62,63,64,65);3-7,11-13,15,24,29,31,33-37,47,50,57H,8-10,14,16-23,25H2,1-2H3,(H,48,58)(H,51,61)(H,52,60)(H,53,59)(H,54,62)(H4,45,46,49)/t36-,37-,38-,39-,40-;29-,31+,33+,34+,35-,36+,37+/m01/s1. The first kappa shape index (κ1) is 124. The van der Waals surface area contributed by atoms with Crippen LogP contribution in [0, 0.1) is 0 Å². The van der Waals surface area contributed by atoms with Crippen LogP contribution in [0.2, 0.25) is 0 Å². The highest BCUT2D eigenvalue weighted by atomic mass is 16.5. The van der Waals surface area contributed by atoms with E-state index in [0.29, 0.717) is 44.2 Å². The SMILES string of the molecule is CCCC[C@H](NC(=O)[C@H](CNC(=O)CN(CC(=O)O)CC(=O)O)NC(=O)[C@H](CO)NC(=O)[C@H](CCC(N)=O)NC(=O)[C@H](CO)NC(=O)CNC(=O)COCCOCCNC(=O)CCCCCCCCCCCCCCCc1nn[nH]n1)C(C)=O.CN[C@H]1CCC(=O)NCCCC[C@@H](C(C)=O)NC(=O)[C@H](Cc2c[nH]c3ccccc23)NC(=O)[C@H](CCCN=C(N)N)NC(=O)[C@@H](Cc2ccccc2)NC(=O)[C@@H]2C[C@@H](O)CN2C1=O. The highest BCUT2D eigenvalue weighted by Crippen LogP contribution is 2.24. The number of nitrogens with two attached hydrogens (primary N) is 3. The van der Waals surface area contributed by atoms with E-state index in [1.807, 2.05) is 31.2 Å². The van der Waals surface area contributed by atoms with E-state index in [2.05, 4.69) is 105 Å². The number of carbonyl (C=O) groups is 19. The minimum absolute atomic E-state index is 0.00372. The Balaban J connectivity index is 0.000000536. The number of nitrogens with one attached hydrogen (secondary N) is 16. The summed E-state index contributed by atoms with van der Waals surface area (Å²) in [5.74, 6) is -14.8. The van der Waals surface area contributed by atoms with Crippen LogP contribution in [0.3, 0.4) is 0 Å². The lowest BCUT2D eigenvalue weighted by Crippen LogP contribution is -2.61. The monoisotopic (exact) mass is 2070 g/mol. The minimum Gasteiger partial charge on any atom is -0.480 e. The predicted octanol–water partition coefficient (Wildman–Crippen LogP) is -4.33. The average Bonchev–Trinajstić information content (AvgIpc) is 1.67. The zero-order valence-corrected chi connectivity index (χ0v) is 84.2. The van der Waals surface area contributed by atoms with Crippen LogP contribution in [0.5, 0.6) is 0 Å². The number of Topliss-reactive ketones (excluding diaryl/α,β-unsaturated/α-hetero) is 2. The van der Waals surface area contributed by atoms with Gasteiger partial charge in [-0.2, -0.15) is 5.21 Å². The van der Waals surface area contributed by atoms with Crippen LogP contribution in [0.1, 0.15) is 211 Å². The summed E-state index contributed by atoms with van der Waals surface area (Å²) in [6.45, 7) is -1.19. The molecular weight excluding hydrogens is 1920 g/mol. The Hall–Kier alpha value is -13.6. The van der Waals surface area contributed by atoms with Crippen LogP contribution in [0.25, 0.3) is 10.9 Å². The van der Waals surface area contributed by atoms with E-state index in [-0.39, 0.29) is 121 Å². The van der Waals surface area contributed by atoms with Crippen LogP contribution >= 0.6 is 0 Å². The fourth-order valence-corrected chi connectivity index (χ4v) is 16.1. The third kappa shape index (κ3) is 50.4. The number of aliphatic hydroxyl groups excluding tert-OH is 3. The molecule has 147 heavy (non-hydrogen) atoms. The van der Waals surface area contributed by atoms with E-state index in [9.17, 15) is 106 Å². The van der Waals surface area contributed by atoms with Gasteiger partial charge in [-0.25, -0.2) is 0 Å². The molecule has 2 aliphatic rings. The molecule has 2 aromatic heterocycles. The number of hydrogen-bond donors (Lipinski definition) is 24. The van der Waals surface area contributed by atoms with E-state index in [1.54, 1.807) is 43.6 Å². The van der Waals surface area contributed by atoms with Crippen molar-refractivity contribution in [3.05, 3.63) is 77.7 Å². The third-order valence-corrected chi connectivity index (χ3v) is 24.1. The van der Waals surface area contributed by atoms with E-state index >= 15 is 0 Å². The van der Waals surface area contributed by atoms with Crippen LogP contribution in [-0.2, 0) is 120 Å². The Morgan fingerprint density at radius 1 is 0.585 bits per heavy atom. The maximum atomic E-state index is 14.4. The highest BCUT2D eigenvalue weighted by molar-refractivity contribution is 6.00. The molecule has 0 bridgehead atoms. The number of primary amides is 1. The molecular formula is C96H151N25O26. The Morgan fingerprint density at radius 3 is 1.80 bits per heavy atom. The quantitative estimate of drug-likeness (QED) is 0.0113. The van der Waals surface area contributed by atoms with Gasteiger partial charge in [0.2, 0.25) is 88.6 Å². The topological polar surface area (TPSA) is 780 Å². The van der Waals surface area contributed by atoms with Crippen molar-refractivity contribution in [1.82, 2.24) is 110 Å². The average molecular weight is 2070 g/mol. The molecule has 51 heteroatoms. The van der Waals surface area contributed by atoms with E-state index in [4.69, 9.17) is 36.9 Å². The summed E-state index contributed by atoms with van der Waals surface area (Å²) in [5, 5.41) is 99.5. The molecule has 0 unspecified atom stereocenters. The minimum atomic E-state index is -1.90. The Labute approximate surface area is 852 Å². The first-order valence-corrected chi connectivity index (χ1v) is 50.1. The van der Waals surface area contributed by atoms with Gasteiger partial charge in [0.25, 0.3) is 0 Å². The fourth-order valence-electron chi connectivity index (χ4n) is 16.1. The Kier molecular flexibility index (Phi) is 59.2. The second-order valence-electron chi connectivity index (χ2n) is 36.1. The number of nitrogens with zero attached hydrogens (tertiary/aromatic N) is 6. The molecule has 0 radical (unpaired) electrons. The first-order chi connectivity index (χ1) is 70.4. The van der Waals surface area contributed by atoms with Crippen molar-refractivity contribution in [2.24, 2.45) is 22.2 Å². The number of aryl methyl sites for hydroxylation is 1. The number of benzene rings is 2. The lowest BCUT2D eigenvalue weighted by Gasteiger charge is -2.30. The Bertz CT molecular complexity index is 4860. The number of tetrazole rings is 1. The molecule has 27 N–H and O–H groups in total. The number of carboxylic acids is 2. The molecule has 4 aromatic rings. The summed E-state index contributed by atoms with van der Waals surface area (Å²) < 4.78 is 10.7. The maximum Gasteiger partial charge on any atom is 0.317 e. The zero-order valence-electron chi connectivity index (χ0n) is 84.2. The highest BCUT2D eigenvalue weighted by Gasteiger charge is 2.43. The molecule has 4 heterocycles. The summed E-state index contributed by atoms with van der Waals surface area (Å²) in [5.41, 5.74) is 18.6. The van der Waals surface area contributed by atoms with E-state index in [1.165, 1.54) is 70.1 Å². The number of aliphatic imine (C=N–C) groups is 1. The number of unbranched alkanes of at least 4 members (excludes halogenated alkanes) is 13. The number of aromatic amines is 2. The number of carbonyl (C=O) groups excluding carboxylic acids is 17. The van der Waals surface area contributed by atoms with Gasteiger partial charge < -0.3 is 137 Å². The number of aliphatic carboxylic acids is 2. The lowest BCUT2D eigenvalue weighted by atomic mass is 10.0.